The van der Waals surface area contributed by atoms with Crippen molar-refractivity contribution < 1.29 is 13.9 Å². The van der Waals surface area contributed by atoms with Gasteiger partial charge in [-0.2, -0.15) is 5.21 Å². The quantitative estimate of drug-likeness (QED) is 0.680. The standard InChI is InChI=1S/C18H18FN5O2/c1-2-26-15-9-7-14(8-10-15)20-18(25)16(17-21-23-24-22-17)11-12-3-5-13(19)6-4-12/h3-10,16H,2,11H2,1H3,(H,20,25)(H,21,22,23,24)/t16-/m1/s1. The maximum Gasteiger partial charge on any atom is 0.235 e. The molecule has 7 nitrogen and oxygen atoms in total. The number of H-pyrrole nitrogens is 1. The number of hydrogen-bond donors (Lipinski definition) is 2. The van der Waals surface area contributed by atoms with Crippen molar-refractivity contribution in [1.82, 2.24) is 20.6 Å². The first-order valence-electron chi connectivity index (χ1n) is 8.17. The molecule has 0 saturated heterocycles. The number of carbonyl (C=O) groups excluding carboxylic acids is 1. The molecule has 3 aromatic rings. The number of amides is 1. The van der Waals surface area contributed by atoms with Gasteiger partial charge in [0.05, 0.1) is 6.61 Å². The van der Waals surface area contributed by atoms with Crippen LogP contribution >= 0.6 is 0 Å². The minimum absolute atomic E-state index is 0.276. The predicted octanol–water partition coefficient (Wildman–Crippen LogP) is 2.70. The Morgan fingerprint density at radius 1 is 1.19 bits per heavy atom. The Bertz CT molecular complexity index is 835. The number of nitrogens with zero attached hydrogens (tertiary/aromatic N) is 3. The molecule has 26 heavy (non-hydrogen) atoms. The Morgan fingerprint density at radius 3 is 2.54 bits per heavy atom. The number of carbonyl (C=O) groups is 1. The SMILES string of the molecule is CCOc1ccc(NC(=O)[C@H](Cc2ccc(F)cc2)c2nn[nH]n2)cc1. The highest BCUT2D eigenvalue weighted by molar-refractivity contribution is 5.95. The van der Waals surface area contributed by atoms with Crippen LogP contribution in [0.3, 0.4) is 0 Å². The van der Waals surface area contributed by atoms with Crippen LogP contribution < -0.4 is 10.1 Å². The van der Waals surface area contributed by atoms with Crippen molar-refractivity contribution in [2.75, 3.05) is 11.9 Å². The van der Waals surface area contributed by atoms with Gasteiger partial charge in [-0.25, -0.2) is 4.39 Å². The first kappa shape index (κ1) is 17.5. The van der Waals surface area contributed by atoms with Crippen LogP contribution in [0.5, 0.6) is 5.75 Å². The monoisotopic (exact) mass is 355 g/mol. The van der Waals surface area contributed by atoms with Gasteiger partial charge in [0.1, 0.15) is 17.5 Å². The second-order valence-corrected chi connectivity index (χ2v) is 5.60. The van der Waals surface area contributed by atoms with Gasteiger partial charge in [-0.15, -0.1) is 10.2 Å². The van der Waals surface area contributed by atoms with Crippen LogP contribution in [-0.2, 0) is 11.2 Å². The van der Waals surface area contributed by atoms with Crippen molar-refractivity contribution in [2.24, 2.45) is 0 Å². The Hall–Kier alpha value is -3.29. The lowest BCUT2D eigenvalue weighted by atomic mass is 9.97. The number of nitrogens with one attached hydrogen (secondary N) is 2. The number of anilines is 1. The summed E-state index contributed by atoms with van der Waals surface area (Å²) in [5.41, 5.74) is 1.43. The summed E-state index contributed by atoms with van der Waals surface area (Å²) in [6.07, 6.45) is 0.322. The van der Waals surface area contributed by atoms with Gasteiger partial charge in [0, 0.05) is 5.69 Å². The topological polar surface area (TPSA) is 92.8 Å². The zero-order valence-corrected chi connectivity index (χ0v) is 14.1. The van der Waals surface area contributed by atoms with Gasteiger partial charge < -0.3 is 10.1 Å². The van der Waals surface area contributed by atoms with Gasteiger partial charge >= 0.3 is 0 Å². The van der Waals surface area contributed by atoms with E-state index in [4.69, 9.17) is 4.74 Å². The minimum Gasteiger partial charge on any atom is -0.494 e. The molecule has 0 bridgehead atoms. The Morgan fingerprint density at radius 2 is 1.92 bits per heavy atom. The zero-order chi connectivity index (χ0) is 18.4. The largest absolute Gasteiger partial charge is 0.494 e. The first-order valence-corrected chi connectivity index (χ1v) is 8.17. The van der Waals surface area contributed by atoms with E-state index in [2.05, 4.69) is 25.9 Å². The zero-order valence-electron chi connectivity index (χ0n) is 14.1. The fourth-order valence-corrected chi connectivity index (χ4v) is 2.51. The number of hydrogen-bond acceptors (Lipinski definition) is 5. The molecule has 1 atom stereocenters. The highest BCUT2D eigenvalue weighted by atomic mass is 19.1. The molecule has 0 radical (unpaired) electrons. The van der Waals surface area contributed by atoms with Crippen LogP contribution in [0.1, 0.15) is 24.2 Å². The summed E-state index contributed by atoms with van der Waals surface area (Å²) in [6, 6.07) is 13.0. The Labute approximate surface area is 149 Å². The molecule has 0 aliphatic heterocycles. The van der Waals surface area contributed by atoms with Gasteiger partial charge in [0.2, 0.25) is 5.91 Å². The van der Waals surface area contributed by atoms with E-state index >= 15 is 0 Å². The third-order valence-electron chi connectivity index (χ3n) is 3.78. The average Bonchev–Trinajstić information content (AvgIpc) is 3.17. The van der Waals surface area contributed by atoms with Gasteiger partial charge in [-0.1, -0.05) is 17.3 Å². The van der Waals surface area contributed by atoms with Crippen molar-refractivity contribution in [3.05, 3.63) is 65.7 Å². The molecule has 0 aliphatic carbocycles. The smallest absolute Gasteiger partial charge is 0.235 e. The van der Waals surface area contributed by atoms with Crippen LogP contribution in [0.15, 0.2) is 48.5 Å². The molecular weight excluding hydrogens is 337 g/mol. The molecule has 2 aromatic carbocycles. The van der Waals surface area contributed by atoms with E-state index in [1.807, 2.05) is 6.92 Å². The first-order chi connectivity index (χ1) is 12.7. The lowest BCUT2D eigenvalue weighted by Gasteiger charge is -2.14. The van der Waals surface area contributed by atoms with Crippen LogP contribution in [0, 0.1) is 5.82 Å². The molecule has 2 N–H and O–H groups in total. The molecule has 134 valence electrons. The molecule has 0 fully saturated rings. The van der Waals surface area contributed by atoms with E-state index in [0.717, 1.165) is 11.3 Å². The highest BCUT2D eigenvalue weighted by Gasteiger charge is 2.25. The summed E-state index contributed by atoms with van der Waals surface area (Å²) in [4.78, 5) is 12.8. The molecule has 0 spiro atoms. The van der Waals surface area contributed by atoms with Crippen molar-refractivity contribution in [3.63, 3.8) is 0 Å². The van der Waals surface area contributed by atoms with Gasteiger partial charge in [-0.3, -0.25) is 4.79 Å². The third kappa shape index (κ3) is 4.41. The molecule has 1 amide bonds. The lowest BCUT2D eigenvalue weighted by Crippen LogP contribution is -2.24. The van der Waals surface area contributed by atoms with Crippen molar-refractivity contribution >= 4 is 11.6 Å². The van der Waals surface area contributed by atoms with Crippen molar-refractivity contribution in [1.29, 1.82) is 0 Å². The molecule has 1 aromatic heterocycles. The van der Waals surface area contributed by atoms with Crippen LogP contribution in [0.4, 0.5) is 10.1 Å². The summed E-state index contributed by atoms with van der Waals surface area (Å²) in [5.74, 6) is -0.265. The number of aromatic nitrogens is 4. The van der Waals surface area contributed by atoms with Gasteiger partial charge in [0.25, 0.3) is 0 Å². The third-order valence-corrected chi connectivity index (χ3v) is 3.78. The summed E-state index contributed by atoms with van der Waals surface area (Å²) >= 11 is 0. The second kappa shape index (κ2) is 8.19. The Balaban J connectivity index is 1.75. The van der Waals surface area contributed by atoms with E-state index in [0.29, 0.717) is 18.7 Å². The summed E-state index contributed by atoms with van der Waals surface area (Å²) in [7, 11) is 0. The molecule has 0 saturated carbocycles. The number of ether oxygens (including phenoxy) is 1. The number of tetrazole rings is 1. The highest BCUT2D eigenvalue weighted by Crippen LogP contribution is 2.21. The molecule has 0 unspecified atom stereocenters. The summed E-state index contributed by atoms with van der Waals surface area (Å²) in [5, 5.41) is 16.6. The van der Waals surface area contributed by atoms with E-state index in [1.54, 1.807) is 36.4 Å². The normalized spacial score (nSPS) is 11.8. The number of benzene rings is 2. The molecule has 3 rings (SSSR count). The predicted molar refractivity (Wildman–Crippen MR) is 93.3 cm³/mol. The fourth-order valence-electron chi connectivity index (χ4n) is 2.51. The summed E-state index contributed by atoms with van der Waals surface area (Å²) in [6.45, 7) is 2.48. The molecule has 8 heteroatoms. The van der Waals surface area contributed by atoms with Crippen LogP contribution in [0.2, 0.25) is 0 Å². The maximum atomic E-state index is 13.1. The Kier molecular flexibility index (Phi) is 5.52. The second-order valence-electron chi connectivity index (χ2n) is 5.60. The number of aromatic amines is 1. The number of halogens is 1. The fraction of sp³-hybridized carbons (Fsp3) is 0.222. The average molecular weight is 355 g/mol. The molecule has 0 aliphatic rings. The molecule has 1 heterocycles. The van der Waals surface area contributed by atoms with E-state index in [-0.39, 0.29) is 17.5 Å². The number of rotatable bonds is 7. The van der Waals surface area contributed by atoms with Gasteiger partial charge in [-0.05, 0) is 55.3 Å². The van der Waals surface area contributed by atoms with Crippen molar-refractivity contribution in [2.45, 2.75) is 19.3 Å². The lowest BCUT2D eigenvalue weighted by molar-refractivity contribution is -0.117. The van der Waals surface area contributed by atoms with Crippen molar-refractivity contribution in [3.8, 4) is 5.75 Å². The van der Waals surface area contributed by atoms with E-state index in [1.165, 1.54) is 12.1 Å². The van der Waals surface area contributed by atoms with E-state index in [9.17, 15) is 9.18 Å². The van der Waals surface area contributed by atoms with E-state index < -0.39 is 5.92 Å². The minimum atomic E-state index is -0.661. The summed E-state index contributed by atoms with van der Waals surface area (Å²) < 4.78 is 18.5. The van der Waals surface area contributed by atoms with Gasteiger partial charge in [0.15, 0.2) is 5.82 Å². The van der Waals surface area contributed by atoms with Crippen LogP contribution in [-0.4, -0.2) is 33.1 Å². The molecular formula is C18H18FN5O2. The maximum absolute atomic E-state index is 13.1. The van der Waals surface area contributed by atoms with Crippen LogP contribution in [0.25, 0.3) is 0 Å².